The maximum atomic E-state index is 3.67. The predicted molar refractivity (Wildman–Crippen MR) is 164 cm³/mol. The molecule has 39 heavy (non-hydrogen) atoms. The maximum absolute atomic E-state index is 3.67. The molecule has 0 radical (unpaired) electrons. The first-order valence-corrected chi connectivity index (χ1v) is 14.7. The number of hydrogen-bond donors (Lipinski definition) is 1. The van der Waals surface area contributed by atoms with Gasteiger partial charge in [0.25, 0.3) is 0 Å². The fraction of sp³-hybridized carbons (Fsp3) is 0.263. The van der Waals surface area contributed by atoms with Crippen molar-refractivity contribution in [2.45, 2.75) is 38.0 Å². The molecular formula is C38H35N. The number of hydrogen-bond acceptors (Lipinski definition) is 1. The molecule has 1 heteroatoms. The number of anilines is 2. The molecule has 3 saturated carbocycles. The van der Waals surface area contributed by atoms with Crippen molar-refractivity contribution in [1.82, 2.24) is 0 Å². The molecule has 0 heterocycles. The largest absolute Gasteiger partial charge is 0.355 e. The van der Waals surface area contributed by atoms with Crippen molar-refractivity contribution >= 4 is 22.1 Å². The molecule has 8 rings (SSSR count). The zero-order chi connectivity index (χ0) is 26.0. The molecule has 3 fully saturated rings. The maximum Gasteiger partial charge on any atom is 0.0463 e. The van der Waals surface area contributed by atoms with E-state index < -0.39 is 0 Å². The number of nitrogens with one attached hydrogen (secondary N) is 1. The number of benzene rings is 5. The molecule has 1 N–H and O–H groups in total. The van der Waals surface area contributed by atoms with Gasteiger partial charge in [0, 0.05) is 16.9 Å². The van der Waals surface area contributed by atoms with Crippen LogP contribution in [0.2, 0.25) is 0 Å². The second-order valence-corrected chi connectivity index (χ2v) is 12.6. The molecule has 5 aromatic carbocycles. The number of fused-ring (bicyclic) bond motifs is 1. The lowest BCUT2D eigenvalue weighted by Crippen LogP contribution is -2.58. The van der Waals surface area contributed by atoms with E-state index in [0.717, 1.165) is 35.0 Å². The molecule has 0 bridgehead atoms. The van der Waals surface area contributed by atoms with Crippen LogP contribution in [0.1, 0.15) is 38.2 Å². The van der Waals surface area contributed by atoms with Gasteiger partial charge in [-0.15, -0.1) is 0 Å². The fourth-order valence-corrected chi connectivity index (χ4v) is 8.59. The van der Waals surface area contributed by atoms with Gasteiger partial charge in [-0.2, -0.15) is 0 Å². The van der Waals surface area contributed by atoms with Gasteiger partial charge in [-0.05, 0) is 106 Å². The van der Waals surface area contributed by atoms with Gasteiger partial charge in [0.1, 0.15) is 0 Å². The van der Waals surface area contributed by atoms with Crippen molar-refractivity contribution in [3.05, 3.63) is 121 Å². The van der Waals surface area contributed by atoms with Crippen LogP contribution in [-0.4, -0.2) is 0 Å². The van der Waals surface area contributed by atoms with E-state index in [9.17, 15) is 0 Å². The molecule has 2 atom stereocenters. The standard InChI is InChI=1S/C38H35N/c1-38(23-28-21-27-22-29(24-38)37(27)28)35-20-19-31(33-12-5-6-13-34(33)35)26-15-17-30(18-16-26)39-36-14-8-7-11-32(36)25-9-3-2-4-10-25/h2-20,27-29,37,39H,21-24H2,1H3. The second-order valence-electron chi connectivity index (χ2n) is 12.6. The third kappa shape index (κ3) is 3.74. The minimum atomic E-state index is 0.301. The summed E-state index contributed by atoms with van der Waals surface area (Å²) >= 11 is 0. The summed E-state index contributed by atoms with van der Waals surface area (Å²) in [7, 11) is 0. The SMILES string of the molecule is CC1(c2ccc(-c3ccc(Nc4ccccc4-c4ccccc4)cc3)c3ccccc23)CC2CC3CC(C1)C32. The van der Waals surface area contributed by atoms with Crippen LogP contribution in [0, 0.1) is 23.7 Å². The molecule has 0 aromatic heterocycles. The quantitative estimate of drug-likeness (QED) is 0.250. The average Bonchev–Trinajstić information content (AvgIpc) is 2.95. The van der Waals surface area contributed by atoms with Crippen molar-refractivity contribution in [3.63, 3.8) is 0 Å². The molecular weight excluding hydrogens is 470 g/mol. The van der Waals surface area contributed by atoms with Gasteiger partial charge in [-0.1, -0.05) is 104 Å². The predicted octanol–water partition coefficient (Wildman–Crippen LogP) is 10.2. The minimum absolute atomic E-state index is 0.301. The van der Waals surface area contributed by atoms with Crippen LogP contribution < -0.4 is 5.32 Å². The van der Waals surface area contributed by atoms with E-state index in [1.807, 2.05) is 0 Å². The van der Waals surface area contributed by atoms with Gasteiger partial charge in [0.15, 0.2) is 0 Å². The summed E-state index contributed by atoms with van der Waals surface area (Å²) in [5.41, 5.74) is 9.14. The van der Waals surface area contributed by atoms with Crippen molar-refractivity contribution < 1.29 is 0 Å². The van der Waals surface area contributed by atoms with Crippen molar-refractivity contribution in [2.75, 3.05) is 5.32 Å². The third-order valence-corrected chi connectivity index (χ3v) is 10.3. The second kappa shape index (κ2) is 8.85. The highest BCUT2D eigenvalue weighted by Crippen LogP contribution is 2.67. The van der Waals surface area contributed by atoms with E-state index >= 15 is 0 Å². The van der Waals surface area contributed by atoms with Crippen LogP contribution in [0.4, 0.5) is 11.4 Å². The van der Waals surface area contributed by atoms with Crippen LogP contribution in [-0.2, 0) is 5.41 Å². The lowest BCUT2D eigenvalue weighted by molar-refractivity contribution is -0.141. The minimum Gasteiger partial charge on any atom is -0.355 e. The van der Waals surface area contributed by atoms with Gasteiger partial charge in [-0.25, -0.2) is 0 Å². The Bertz CT molecular complexity index is 1650. The first kappa shape index (κ1) is 23.1. The molecule has 1 nitrogen and oxygen atoms in total. The summed E-state index contributed by atoms with van der Waals surface area (Å²) in [6.07, 6.45) is 5.73. The van der Waals surface area contributed by atoms with E-state index in [1.54, 1.807) is 5.56 Å². The van der Waals surface area contributed by atoms with Crippen molar-refractivity contribution in [1.29, 1.82) is 0 Å². The normalized spacial score (nSPS) is 26.8. The highest BCUT2D eigenvalue weighted by molar-refractivity contribution is 5.99. The highest BCUT2D eigenvalue weighted by atomic mass is 14.9. The number of para-hydroxylation sites is 1. The van der Waals surface area contributed by atoms with Crippen LogP contribution in [0.15, 0.2) is 115 Å². The van der Waals surface area contributed by atoms with Crippen molar-refractivity contribution in [3.8, 4) is 22.3 Å². The van der Waals surface area contributed by atoms with Gasteiger partial charge in [0.2, 0.25) is 0 Å². The molecule has 3 aliphatic rings. The lowest BCUT2D eigenvalue weighted by atomic mass is 9.39. The third-order valence-electron chi connectivity index (χ3n) is 10.3. The van der Waals surface area contributed by atoms with Gasteiger partial charge >= 0.3 is 0 Å². The molecule has 5 aromatic rings. The van der Waals surface area contributed by atoms with Crippen LogP contribution >= 0.6 is 0 Å². The van der Waals surface area contributed by atoms with E-state index in [2.05, 4.69) is 128 Å². The Labute approximate surface area is 231 Å². The van der Waals surface area contributed by atoms with Crippen LogP contribution in [0.5, 0.6) is 0 Å². The summed E-state index contributed by atoms with van der Waals surface area (Å²) < 4.78 is 0. The Hall–Kier alpha value is -3.84. The average molecular weight is 506 g/mol. The van der Waals surface area contributed by atoms with Gasteiger partial charge in [0.05, 0.1) is 0 Å². The number of rotatable bonds is 5. The molecule has 3 aliphatic carbocycles. The molecule has 0 saturated heterocycles. The van der Waals surface area contributed by atoms with E-state index in [1.165, 1.54) is 58.7 Å². The Morgan fingerprint density at radius 2 is 1.21 bits per heavy atom. The van der Waals surface area contributed by atoms with Crippen LogP contribution in [0.3, 0.4) is 0 Å². The molecule has 0 amide bonds. The Balaban J connectivity index is 1.11. The molecule has 0 spiro atoms. The summed E-state index contributed by atoms with van der Waals surface area (Å²) in [5, 5.41) is 6.50. The zero-order valence-electron chi connectivity index (χ0n) is 22.6. The fourth-order valence-electron chi connectivity index (χ4n) is 8.59. The molecule has 192 valence electrons. The highest BCUT2D eigenvalue weighted by Gasteiger charge is 2.59. The zero-order valence-corrected chi connectivity index (χ0v) is 22.6. The summed E-state index contributed by atoms with van der Waals surface area (Å²) in [5.74, 6) is 4.08. The topological polar surface area (TPSA) is 12.0 Å². The first-order chi connectivity index (χ1) is 19.2. The monoisotopic (exact) mass is 505 g/mol. The summed E-state index contributed by atoms with van der Waals surface area (Å²) in [6, 6.07) is 42.1. The van der Waals surface area contributed by atoms with Gasteiger partial charge < -0.3 is 5.32 Å². The van der Waals surface area contributed by atoms with Crippen LogP contribution in [0.25, 0.3) is 33.0 Å². The van der Waals surface area contributed by atoms with E-state index in [0.29, 0.717) is 5.41 Å². The Morgan fingerprint density at radius 3 is 1.95 bits per heavy atom. The van der Waals surface area contributed by atoms with E-state index in [-0.39, 0.29) is 0 Å². The Kier molecular flexibility index (Phi) is 5.24. The summed E-state index contributed by atoms with van der Waals surface area (Å²) in [6.45, 7) is 2.56. The summed E-state index contributed by atoms with van der Waals surface area (Å²) in [4.78, 5) is 0. The van der Waals surface area contributed by atoms with Crippen molar-refractivity contribution in [2.24, 2.45) is 23.7 Å². The molecule has 0 aliphatic heterocycles. The lowest BCUT2D eigenvalue weighted by Gasteiger charge is -2.65. The molecule has 2 unspecified atom stereocenters. The Morgan fingerprint density at radius 1 is 0.564 bits per heavy atom. The first-order valence-electron chi connectivity index (χ1n) is 14.7. The smallest absolute Gasteiger partial charge is 0.0463 e. The van der Waals surface area contributed by atoms with E-state index in [4.69, 9.17) is 0 Å². The van der Waals surface area contributed by atoms with Gasteiger partial charge in [-0.3, -0.25) is 0 Å².